The van der Waals surface area contributed by atoms with Crippen LogP contribution in [0.15, 0.2) is 53.5 Å². The van der Waals surface area contributed by atoms with Crippen molar-refractivity contribution >= 4 is 0 Å². The molecule has 1 N–H and O–H groups in total. The second-order valence-electron chi connectivity index (χ2n) is 6.17. The van der Waals surface area contributed by atoms with Crippen LogP contribution >= 0.6 is 0 Å². The van der Waals surface area contributed by atoms with E-state index in [-0.39, 0.29) is 5.56 Å². The standard InChI is InChI=1S/C19H17N5O/c20-11-14-4-6-15(7-5-14)12-23-10-8-17-16(13-23)19(25)24(22-17)18-3-1-2-9-21-18/h1-7,9,22H,8,10,12-13H2. The molecule has 1 aromatic carbocycles. The van der Waals surface area contributed by atoms with Crippen LogP contribution in [0.5, 0.6) is 0 Å². The molecule has 0 saturated heterocycles. The lowest BCUT2D eigenvalue weighted by molar-refractivity contribution is 0.244. The Morgan fingerprint density at radius 2 is 2.04 bits per heavy atom. The number of nitrogens with one attached hydrogen (secondary N) is 1. The molecule has 0 unspecified atom stereocenters. The van der Waals surface area contributed by atoms with Gasteiger partial charge >= 0.3 is 0 Å². The highest BCUT2D eigenvalue weighted by Crippen LogP contribution is 2.18. The van der Waals surface area contributed by atoms with Crippen LogP contribution in [-0.2, 0) is 19.5 Å². The topological polar surface area (TPSA) is 77.7 Å². The maximum absolute atomic E-state index is 12.7. The van der Waals surface area contributed by atoms with Crippen molar-refractivity contribution in [1.82, 2.24) is 19.7 Å². The largest absolute Gasteiger partial charge is 0.294 e. The van der Waals surface area contributed by atoms with Gasteiger partial charge in [-0.15, -0.1) is 0 Å². The fourth-order valence-electron chi connectivity index (χ4n) is 3.18. The highest BCUT2D eigenvalue weighted by Gasteiger charge is 2.23. The zero-order valence-corrected chi connectivity index (χ0v) is 13.6. The normalized spacial score (nSPS) is 14.0. The number of H-pyrrole nitrogens is 1. The van der Waals surface area contributed by atoms with Gasteiger partial charge in [-0.05, 0) is 29.8 Å². The fourth-order valence-corrected chi connectivity index (χ4v) is 3.18. The molecule has 6 nitrogen and oxygen atoms in total. The maximum Gasteiger partial charge on any atom is 0.277 e. The molecular weight excluding hydrogens is 314 g/mol. The highest BCUT2D eigenvalue weighted by atomic mass is 16.1. The second kappa shape index (κ2) is 6.38. The molecule has 0 fully saturated rings. The predicted molar refractivity (Wildman–Crippen MR) is 93.2 cm³/mol. The van der Waals surface area contributed by atoms with Gasteiger partial charge in [0.05, 0.1) is 17.2 Å². The monoisotopic (exact) mass is 331 g/mol. The molecule has 1 aliphatic rings. The lowest BCUT2D eigenvalue weighted by Crippen LogP contribution is -2.32. The summed E-state index contributed by atoms with van der Waals surface area (Å²) in [5.74, 6) is 0.612. The number of nitrogens with zero attached hydrogens (tertiary/aromatic N) is 4. The summed E-state index contributed by atoms with van der Waals surface area (Å²) in [5.41, 5.74) is 3.58. The van der Waals surface area contributed by atoms with Gasteiger partial charge in [0.15, 0.2) is 5.82 Å². The van der Waals surface area contributed by atoms with Crippen LogP contribution in [0.25, 0.3) is 5.82 Å². The number of nitriles is 1. The Kier molecular flexibility index (Phi) is 3.92. The maximum atomic E-state index is 12.7. The molecule has 4 rings (SSSR count). The molecule has 1 aliphatic heterocycles. The van der Waals surface area contributed by atoms with E-state index in [4.69, 9.17) is 5.26 Å². The first kappa shape index (κ1) is 15.4. The number of aromatic amines is 1. The molecule has 6 heteroatoms. The van der Waals surface area contributed by atoms with Crippen molar-refractivity contribution in [2.45, 2.75) is 19.5 Å². The number of fused-ring (bicyclic) bond motifs is 1. The van der Waals surface area contributed by atoms with Crippen molar-refractivity contribution in [2.24, 2.45) is 0 Å². The van der Waals surface area contributed by atoms with Crippen LogP contribution in [0.3, 0.4) is 0 Å². The number of benzene rings is 1. The number of pyridine rings is 1. The van der Waals surface area contributed by atoms with E-state index in [0.717, 1.165) is 36.3 Å². The van der Waals surface area contributed by atoms with E-state index in [0.29, 0.717) is 17.9 Å². The van der Waals surface area contributed by atoms with Crippen LogP contribution in [0, 0.1) is 11.3 Å². The van der Waals surface area contributed by atoms with Gasteiger partial charge in [0.2, 0.25) is 0 Å². The lowest BCUT2D eigenvalue weighted by Gasteiger charge is -2.25. The van der Waals surface area contributed by atoms with E-state index in [1.165, 1.54) is 4.68 Å². The van der Waals surface area contributed by atoms with E-state index in [9.17, 15) is 4.79 Å². The third-order valence-electron chi connectivity index (χ3n) is 4.50. The fraction of sp³-hybridized carbons (Fsp3) is 0.211. The molecule has 0 bridgehead atoms. The Hall–Kier alpha value is -3.17. The van der Waals surface area contributed by atoms with Crippen LogP contribution in [0.1, 0.15) is 22.4 Å². The molecule has 124 valence electrons. The van der Waals surface area contributed by atoms with Crippen LogP contribution in [-0.4, -0.2) is 26.2 Å². The van der Waals surface area contributed by atoms with Gasteiger partial charge in [-0.3, -0.25) is 14.8 Å². The molecule has 0 saturated carbocycles. The van der Waals surface area contributed by atoms with E-state index in [1.54, 1.807) is 6.20 Å². The molecule has 0 spiro atoms. The van der Waals surface area contributed by atoms with Crippen LogP contribution < -0.4 is 5.56 Å². The summed E-state index contributed by atoms with van der Waals surface area (Å²) in [5, 5.41) is 12.1. The summed E-state index contributed by atoms with van der Waals surface area (Å²) >= 11 is 0. The Balaban J connectivity index is 1.56. The van der Waals surface area contributed by atoms with Crippen molar-refractivity contribution in [3.63, 3.8) is 0 Å². The molecule has 3 heterocycles. The van der Waals surface area contributed by atoms with Crippen molar-refractivity contribution in [1.29, 1.82) is 5.26 Å². The van der Waals surface area contributed by atoms with Gasteiger partial charge in [0.1, 0.15) is 0 Å². The molecular formula is C19H17N5O. The minimum Gasteiger partial charge on any atom is -0.294 e. The summed E-state index contributed by atoms with van der Waals surface area (Å²) < 4.78 is 1.52. The Morgan fingerprint density at radius 1 is 1.20 bits per heavy atom. The van der Waals surface area contributed by atoms with E-state index < -0.39 is 0 Å². The zero-order chi connectivity index (χ0) is 17.2. The Morgan fingerprint density at radius 3 is 2.76 bits per heavy atom. The first-order valence-corrected chi connectivity index (χ1v) is 8.20. The summed E-state index contributed by atoms with van der Waals surface area (Å²) in [6.07, 6.45) is 2.49. The number of hydrogen-bond acceptors (Lipinski definition) is 4. The third kappa shape index (κ3) is 2.97. The van der Waals surface area contributed by atoms with E-state index in [2.05, 4.69) is 21.1 Å². The molecule has 0 atom stereocenters. The Bertz CT molecular complexity index is 979. The summed E-state index contributed by atoms with van der Waals surface area (Å²) in [6.45, 7) is 2.26. The smallest absolute Gasteiger partial charge is 0.277 e. The summed E-state index contributed by atoms with van der Waals surface area (Å²) in [7, 11) is 0. The lowest BCUT2D eigenvalue weighted by atomic mass is 10.1. The molecule has 0 aliphatic carbocycles. The molecule has 2 aromatic heterocycles. The van der Waals surface area contributed by atoms with Crippen molar-refractivity contribution in [2.75, 3.05) is 6.54 Å². The van der Waals surface area contributed by atoms with Crippen molar-refractivity contribution < 1.29 is 0 Å². The quantitative estimate of drug-likeness (QED) is 0.796. The summed E-state index contributed by atoms with van der Waals surface area (Å²) in [4.78, 5) is 19.2. The first-order chi connectivity index (χ1) is 12.2. The minimum absolute atomic E-state index is 0.0294. The van der Waals surface area contributed by atoms with Crippen LogP contribution in [0.2, 0.25) is 0 Å². The van der Waals surface area contributed by atoms with E-state index >= 15 is 0 Å². The average molecular weight is 331 g/mol. The second-order valence-corrected chi connectivity index (χ2v) is 6.17. The minimum atomic E-state index is -0.0294. The zero-order valence-electron chi connectivity index (χ0n) is 13.6. The molecule has 25 heavy (non-hydrogen) atoms. The summed E-state index contributed by atoms with van der Waals surface area (Å²) in [6, 6.07) is 15.2. The molecule has 0 amide bonds. The van der Waals surface area contributed by atoms with Gasteiger partial charge in [0.25, 0.3) is 5.56 Å². The van der Waals surface area contributed by atoms with Gasteiger partial charge in [-0.2, -0.15) is 5.26 Å². The van der Waals surface area contributed by atoms with Crippen molar-refractivity contribution in [3.8, 4) is 11.9 Å². The average Bonchev–Trinajstić information content (AvgIpc) is 2.99. The molecule has 3 aromatic rings. The van der Waals surface area contributed by atoms with Gasteiger partial charge in [-0.25, -0.2) is 9.67 Å². The Labute approximate surface area is 145 Å². The first-order valence-electron chi connectivity index (χ1n) is 8.20. The van der Waals surface area contributed by atoms with Crippen LogP contribution in [0.4, 0.5) is 0 Å². The van der Waals surface area contributed by atoms with Gasteiger partial charge in [0, 0.05) is 37.9 Å². The number of aromatic nitrogens is 3. The van der Waals surface area contributed by atoms with E-state index in [1.807, 2.05) is 42.5 Å². The third-order valence-corrected chi connectivity index (χ3v) is 4.50. The molecule has 0 radical (unpaired) electrons. The highest BCUT2D eigenvalue weighted by molar-refractivity contribution is 5.32. The number of rotatable bonds is 3. The van der Waals surface area contributed by atoms with Gasteiger partial charge in [-0.1, -0.05) is 18.2 Å². The predicted octanol–water partition coefficient (Wildman–Crippen LogP) is 1.99. The van der Waals surface area contributed by atoms with Crippen molar-refractivity contribution in [3.05, 3.63) is 81.4 Å². The number of hydrogen-bond donors (Lipinski definition) is 1. The SMILES string of the molecule is N#Cc1ccc(CN2CCc3[nH]n(-c4ccccn4)c(=O)c3C2)cc1. The van der Waals surface area contributed by atoms with Gasteiger partial charge < -0.3 is 0 Å².